The van der Waals surface area contributed by atoms with Crippen LogP contribution in [-0.2, 0) is 0 Å². The van der Waals surface area contributed by atoms with E-state index in [1.54, 1.807) is 11.3 Å². The van der Waals surface area contributed by atoms with Crippen LogP contribution in [0.2, 0.25) is 5.02 Å². The zero-order valence-corrected chi connectivity index (χ0v) is 8.69. The highest BCUT2D eigenvalue weighted by Crippen LogP contribution is 2.27. The van der Waals surface area contributed by atoms with Crippen molar-refractivity contribution in [1.29, 1.82) is 0 Å². The summed E-state index contributed by atoms with van der Waals surface area (Å²) in [6, 6.07) is 7.83. The Morgan fingerprint density at radius 2 is 1.92 bits per heavy atom. The highest BCUT2D eigenvalue weighted by atomic mass is 35.5. The molecule has 1 heterocycles. The molecule has 0 bridgehead atoms. The van der Waals surface area contributed by atoms with Gasteiger partial charge in [0.1, 0.15) is 0 Å². The Morgan fingerprint density at radius 1 is 1.23 bits per heavy atom. The minimum Gasteiger partial charge on any atom is -0.249 e. The largest absolute Gasteiger partial charge is 0.249 e. The van der Waals surface area contributed by atoms with Crippen molar-refractivity contribution in [3.63, 3.8) is 0 Å². The molecule has 0 aliphatic heterocycles. The van der Waals surface area contributed by atoms with Gasteiger partial charge in [-0.1, -0.05) is 23.7 Å². The number of hydrogen-bond acceptors (Lipinski definition) is 2. The van der Waals surface area contributed by atoms with Crippen LogP contribution in [0.5, 0.6) is 0 Å². The second-order valence-electron chi connectivity index (χ2n) is 2.77. The monoisotopic (exact) mass is 209 g/mol. The van der Waals surface area contributed by atoms with E-state index in [-0.39, 0.29) is 0 Å². The quantitative estimate of drug-likeness (QED) is 0.697. The lowest BCUT2D eigenvalue weighted by atomic mass is 10.2. The molecule has 0 atom stereocenters. The summed E-state index contributed by atoms with van der Waals surface area (Å²) in [5.41, 5.74) is 4.12. The summed E-state index contributed by atoms with van der Waals surface area (Å²) in [6.45, 7) is 2.01. The van der Waals surface area contributed by atoms with E-state index in [9.17, 15) is 0 Å². The molecule has 0 spiro atoms. The van der Waals surface area contributed by atoms with Gasteiger partial charge in [-0.15, -0.1) is 11.3 Å². The van der Waals surface area contributed by atoms with Crippen molar-refractivity contribution in [1.82, 2.24) is 4.98 Å². The van der Waals surface area contributed by atoms with Crippen LogP contribution in [0.15, 0.2) is 29.8 Å². The van der Waals surface area contributed by atoms with E-state index in [1.165, 1.54) is 10.4 Å². The van der Waals surface area contributed by atoms with Crippen LogP contribution in [0.1, 0.15) is 5.69 Å². The number of hydrogen-bond donors (Lipinski definition) is 0. The summed E-state index contributed by atoms with van der Waals surface area (Å²) in [4.78, 5) is 5.42. The van der Waals surface area contributed by atoms with E-state index < -0.39 is 0 Å². The standard InChI is InChI=1S/C10H8ClNS/c1-7-10(13-6-12-7)8-2-4-9(11)5-3-8/h2-6H,1H3. The fourth-order valence-electron chi connectivity index (χ4n) is 1.18. The minimum atomic E-state index is 0.769. The first-order valence-corrected chi connectivity index (χ1v) is 5.19. The average molecular weight is 210 g/mol. The van der Waals surface area contributed by atoms with Gasteiger partial charge in [-0.2, -0.15) is 0 Å². The first-order valence-electron chi connectivity index (χ1n) is 3.93. The first-order chi connectivity index (χ1) is 6.27. The van der Waals surface area contributed by atoms with Crippen LogP contribution in [-0.4, -0.2) is 4.98 Å². The van der Waals surface area contributed by atoms with Gasteiger partial charge < -0.3 is 0 Å². The molecular weight excluding hydrogens is 202 g/mol. The van der Waals surface area contributed by atoms with Gasteiger partial charge in [-0.3, -0.25) is 0 Å². The zero-order chi connectivity index (χ0) is 9.26. The number of halogens is 1. The van der Waals surface area contributed by atoms with Crippen molar-refractivity contribution in [2.24, 2.45) is 0 Å². The van der Waals surface area contributed by atoms with Gasteiger partial charge in [0.2, 0.25) is 0 Å². The Balaban J connectivity index is 2.47. The third-order valence-electron chi connectivity index (χ3n) is 1.85. The van der Waals surface area contributed by atoms with Gasteiger partial charge in [0.25, 0.3) is 0 Å². The number of aromatic nitrogens is 1. The Bertz CT molecular complexity index is 405. The molecule has 13 heavy (non-hydrogen) atoms. The molecule has 3 heteroatoms. The molecule has 0 saturated carbocycles. The summed E-state index contributed by atoms with van der Waals surface area (Å²) in [7, 11) is 0. The Labute approximate surface area is 86.0 Å². The van der Waals surface area contributed by atoms with Gasteiger partial charge in [0.15, 0.2) is 0 Å². The van der Waals surface area contributed by atoms with Gasteiger partial charge in [-0.25, -0.2) is 4.98 Å². The molecule has 1 aromatic carbocycles. The van der Waals surface area contributed by atoms with Crippen LogP contribution < -0.4 is 0 Å². The molecule has 0 radical (unpaired) electrons. The number of nitrogens with zero attached hydrogens (tertiary/aromatic N) is 1. The van der Waals surface area contributed by atoms with E-state index >= 15 is 0 Å². The topological polar surface area (TPSA) is 12.9 Å². The molecule has 0 aliphatic carbocycles. The Hall–Kier alpha value is -0.860. The lowest BCUT2D eigenvalue weighted by Gasteiger charge is -1.97. The lowest BCUT2D eigenvalue weighted by molar-refractivity contribution is 1.27. The molecule has 2 rings (SSSR count). The minimum absolute atomic E-state index is 0.769. The predicted octanol–water partition coefficient (Wildman–Crippen LogP) is 3.77. The van der Waals surface area contributed by atoms with Crippen molar-refractivity contribution in [2.45, 2.75) is 6.92 Å². The average Bonchev–Trinajstić information content (AvgIpc) is 2.53. The highest BCUT2D eigenvalue weighted by molar-refractivity contribution is 7.13. The van der Waals surface area contributed by atoms with Crippen molar-refractivity contribution in [3.05, 3.63) is 40.5 Å². The molecule has 0 N–H and O–H groups in total. The third kappa shape index (κ3) is 1.74. The Morgan fingerprint density at radius 3 is 2.46 bits per heavy atom. The maximum Gasteiger partial charge on any atom is 0.0801 e. The van der Waals surface area contributed by atoms with Crippen LogP contribution in [0.3, 0.4) is 0 Å². The summed E-state index contributed by atoms with van der Waals surface area (Å²) >= 11 is 7.45. The van der Waals surface area contributed by atoms with E-state index in [2.05, 4.69) is 4.98 Å². The van der Waals surface area contributed by atoms with Crippen LogP contribution in [0.25, 0.3) is 10.4 Å². The van der Waals surface area contributed by atoms with Crippen LogP contribution in [0, 0.1) is 6.92 Å². The molecule has 0 unspecified atom stereocenters. The zero-order valence-electron chi connectivity index (χ0n) is 7.12. The summed E-state index contributed by atoms with van der Waals surface area (Å²) in [6.07, 6.45) is 0. The maximum atomic E-state index is 5.80. The molecule has 0 fully saturated rings. The SMILES string of the molecule is Cc1ncsc1-c1ccc(Cl)cc1. The predicted molar refractivity (Wildman–Crippen MR) is 57.3 cm³/mol. The van der Waals surface area contributed by atoms with Crippen molar-refractivity contribution in [2.75, 3.05) is 0 Å². The van der Waals surface area contributed by atoms with E-state index in [1.807, 2.05) is 36.7 Å². The fraction of sp³-hybridized carbons (Fsp3) is 0.100. The molecule has 0 saturated heterocycles. The van der Waals surface area contributed by atoms with Crippen LogP contribution >= 0.6 is 22.9 Å². The smallest absolute Gasteiger partial charge is 0.0801 e. The second kappa shape index (κ2) is 3.48. The van der Waals surface area contributed by atoms with Crippen LogP contribution in [0.4, 0.5) is 0 Å². The molecule has 0 aliphatic rings. The fourth-order valence-corrected chi connectivity index (χ4v) is 2.12. The van der Waals surface area contributed by atoms with Gasteiger partial charge >= 0.3 is 0 Å². The molecule has 66 valence electrons. The van der Waals surface area contributed by atoms with E-state index in [4.69, 9.17) is 11.6 Å². The number of thiazole rings is 1. The third-order valence-corrected chi connectivity index (χ3v) is 3.08. The maximum absolute atomic E-state index is 5.80. The van der Waals surface area contributed by atoms with Crippen molar-refractivity contribution in [3.8, 4) is 10.4 Å². The lowest BCUT2D eigenvalue weighted by Crippen LogP contribution is -1.76. The summed E-state index contributed by atoms with van der Waals surface area (Å²) in [5.74, 6) is 0. The van der Waals surface area contributed by atoms with Gasteiger partial charge in [0.05, 0.1) is 16.1 Å². The van der Waals surface area contributed by atoms with Crippen molar-refractivity contribution < 1.29 is 0 Å². The first kappa shape index (κ1) is 8.73. The number of benzene rings is 1. The molecular formula is C10H8ClNS. The van der Waals surface area contributed by atoms with Gasteiger partial charge in [0, 0.05) is 5.02 Å². The Kier molecular flexibility index (Phi) is 2.34. The molecule has 1 aromatic heterocycles. The number of rotatable bonds is 1. The summed E-state index contributed by atoms with van der Waals surface area (Å²) in [5, 5.41) is 0.769. The molecule has 2 aromatic rings. The van der Waals surface area contributed by atoms with E-state index in [0.717, 1.165) is 10.7 Å². The van der Waals surface area contributed by atoms with Gasteiger partial charge in [-0.05, 0) is 24.6 Å². The highest BCUT2D eigenvalue weighted by Gasteiger charge is 2.03. The number of aryl methyl sites for hydroxylation is 1. The van der Waals surface area contributed by atoms with Crippen molar-refractivity contribution >= 4 is 22.9 Å². The summed E-state index contributed by atoms with van der Waals surface area (Å²) < 4.78 is 0. The normalized spacial score (nSPS) is 10.3. The van der Waals surface area contributed by atoms with E-state index in [0.29, 0.717) is 0 Å². The molecule has 1 nitrogen and oxygen atoms in total. The molecule has 0 amide bonds. The second-order valence-corrected chi connectivity index (χ2v) is 4.06.